The predicted molar refractivity (Wildman–Crippen MR) is 85.5 cm³/mol. The van der Waals surface area contributed by atoms with Crippen molar-refractivity contribution in [2.24, 2.45) is 0 Å². The molecule has 2 aromatic rings. The van der Waals surface area contributed by atoms with Crippen molar-refractivity contribution in [3.05, 3.63) is 48.4 Å². The third kappa shape index (κ3) is 3.00. The number of nitrogens with zero attached hydrogens (tertiary/aromatic N) is 2. The summed E-state index contributed by atoms with van der Waals surface area (Å²) in [5, 5.41) is 3.48. The predicted octanol–water partition coefficient (Wildman–Crippen LogP) is 3.11. The van der Waals surface area contributed by atoms with Crippen molar-refractivity contribution in [3.63, 3.8) is 0 Å². The summed E-state index contributed by atoms with van der Waals surface area (Å²) in [7, 11) is 0. The van der Waals surface area contributed by atoms with Crippen molar-refractivity contribution in [1.29, 1.82) is 0 Å². The fraction of sp³-hybridized carbons (Fsp3) is 0.353. The van der Waals surface area contributed by atoms with E-state index in [9.17, 15) is 0 Å². The number of aromatic nitrogens is 2. The average molecular weight is 283 g/mol. The van der Waals surface area contributed by atoms with Crippen LogP contribution in [0.2, 0.25) is 0 Å². The largest absolute Gasteiger partial charge is 0.384 e. The Bertz CT molecular complexity index is 645. The van der Waals surface area contributed by atoms with Crippen molar-refractivity contribution < 1.29 is 4.74 Å². The van der Waals surface area contributed by atoms with E-state index in [1.165, 1.54) is 16.8 Å². The van der Waals surface area contributed by atoms with Crippen LogP contribution in [0.4, 0.5) is 5.69 Å². The van der Waals surface area contributed by atoms with Crippen LogP contribution in [0.25, 0.3) is 11.3 Å². The summed E-state index contributed by atoms with van der Waals surface area (Å²) in [5.41, 5.74) is 6.05. The van der Waals surface area contributed by atoms with E-state index in [-0.39, 0.29) is 0 Å². The molecular weight excluding hydrogens is 262 g/mol. The molecule has 4 heteroatoms. The second kappa shape index (κ2) is 6.14. The molecule has 1 aliphatic heterocycles. The Kier molecular flexibility index (Phi) is 4.06. The van der Waals surface area contributed by atoms with E-state index in [0.29, 0.717) is 13.2 Å². The van der Waals surface area contributed by atoms with E-state index in [2.05, 4.69) is 39.6 Å². The van der Waals surface area contributed by atoms with Gasteiger partial charge in [-0.15, -0.1) is 0 Å². The lowest BCUT2D eigenvalue weighted by Crippen LogP contribution is -2.08. The molecule has 21 heavy (non-hydrogen) atoms. The quantitative estimate of drug-likeness (QED) is 0.654. The van der Waals surface area contributed by atoms with Gasteiger partial charge in [0.1, 0.15) is 0 Å². The van der Waals surface area contributed by atoms with Crippen LogP contribution in [-0.2, 0) is 17.7 Å². The monoisotopic (exact) mass is 283 g/mol. The maximum atomic E-state index is 5.59. The molecule has 0 fully saturated rings. The zero-order chi connectivity index (χ0) is 14.7. The Morgan fingerprint density at radius 2 is 2.38 bits per heavy atom. The third-order valence-corrected chi connectivity index (χ3v) is 3.66. The van der Waals surface area contributed by atoms with Gasteiger partial charge in [0.2, 0.25) is 0 Å². The number of hydrogen-bond acceptors (Lipinski definition) is 3. The molecule has 1 aromatic carbocycles. The van der Waals surface area contributed by atoms with Crippen LogP contribution in [0.5, 0.6) is 0 Å². The third-order valence-electron chi connectivity index (χ3n) is 3.66. The number of ether oxygens (including phenoxy) is 1. The first-order chi connectivity index (χ1) is 10.3. The maximum absolute atomic E-state index is 5.59. The SMILES string of the molecule is C=C(C)COCCn1cncc1-c1cccc2c1NCC2. The molecule has 0 saturated carbocycles. The minimum Gasteiger partial charge on any atom is -0.384 e. The molecule has 1 aromatic heterocycles. The molecule has 1 aliphatic rings. The number of para-hydroxylation sites is 1. The first kappa shape index (κ1) is 13.9. The van der Waals surface area contributed by atoms with Gasteiger partial charge in [0, 0.05) is 24.3 Å². The lowest BCUT2D eigenvalue weighted by molar-refractivity contribution is 0.147. The fourth-order valence-electron chi connectivity index (χ4n) is 2.69. The van der Waals surface area contributed by atoms with E-state index in [4.69, 9.17) is 4.74 Å². The summed E-state index contributed by atoms with van der Waals surface area (Å²) in [6.07, 6.45) is 4.89. The van der Waals surface area contributed by atoms with Crippen LogP contribution in [0, 0.1) is 0 Å². The Morgan fingerprint density at radius 3 is 3.24 bits per heavy atom. The number of fused-ring (bicyclic) bond motifs is 1. The first-order valence-corrected chi connectivity index (χ1v) is 7.34. The van der Waals surface area contributed by atoms with E-state index in [1.807, 2.05) is 19.4 Å². The number of nitrogens with one attached hydrogen (secondary N) is 1. The van der Waals surface area contributed by atoms with Gasteiger partial charge in [0.15, 0.2) is 0 Å². The van der Waals surface area contributed by atoms with Gasteiger partial charge in [-0.3, -0.25) is 0 Å². The average Bonchev–Trinajstić information content (AvgIpc) is 3.11. The van der Waals surface area contributed by atoms with Gasteiger partial charge in [-0.1, -0.05) is 30.4 Å². The molecule has 0 unspecified atom stereocenters. The second-order valence-electron chi connectivity index (χ2n) is 5.50. The molecular formula is C17H21N3O. The van der Waals surface area contributed by atoms with Gasteiger partial charge in [-0.05, 0) is 18.9 Å². The molecule has 4 nitrogen and oxygen atoms in total. The zero-order valence-corrected chi connectivity index (χ0v) is 12.4. The van der Waals surface area contributed by atoms with E-state index >= 15 is 0 Å². The summed E-state index contributed by atoms with van der Waals surface area (Å²) >= 11 is 0. The van der Waals surface area contributed by atoms with Crippen molar-refractivity contribution in [2.45, 2.75) is 19.9 Å². The summed E-state index contributed by atoms with van der Waals surface area (Å²) in [4.78, 5) is 4.30. The first-order valence-electron chi connectivity index (χ1n) is 7.34. The Hall–Kier alpha value is -2.07. The topological polar surface area (TPSA) is 39.1 Å². The van der Waals surface area contributed by atoms with Gasteiger partial charge >= 0.3 is 0 Å². The molecule has 0 bridgehead atoms. The van der Waals surface area contributed by atoms with Crippen LogP contribution in [0.1, 0.15) is 12.5 Å². The second-order valence-corrected chi connectivity index (χ2v) is 5.50. The molecule has 0 amide bonds. The fourth-order valence-corrected chi connectivity index (χ4v) is 2.69. The van der Waals surface area contributed by atoms with Crippen molar-refractivity contribution in [2.75, 3.05) is 25.1 Å². The maximum Gasteiger partial charge on any atom is 0.0951 e. The molecule has 0 atom stereocenters. The minimum absolute atomic E-state index is 0.617. The molecule has 1 N–H and O–H groups in total. The van der Waals surface area contributed by atoms with Crippen LogP contribution >= 0.6 is 0 Å². The van der Waals surface area contributed by atoms with Crippen molar-refractivity contribution in [3.8, 4) is 11.3 Å². The molecule has 0 aliphatic carbocycles. The van der Waals surface area contributed by atoms with Gasteiger partial charge in [0.25, 0.3) is 0 Å². The standard InChI is InChI=1S/C17H21N3O/c1-13(2)11-21-9-8-20-12-18-10-16(20)15-5-3-4-14-6-7-19-17(14)15/h3-5,10,12,19H,1,6-9,11H2,2H3. The van der Waals surface area contributed by atoms with Gasteiger partial charge in [0.05, 0.1) is 31.4 Å². The Morgan fingerprint density at radius 1 is 1.48 bits per heavy atom. The summed E-state index contributed by atoms with van der Waals surface area (Å²) in [6, 6.07) is 6.46. The van der Waals surface area contributed by atoms with Crippen LogP contribution < -0.4 is 5.32 Å². The number of rotatable bonds is 6. The lowest BCUT2D eigenvalue weighted by Gasteiger charge is -2.12. The Labute approximate surface area is 125 Å². The lowest BCUT2D eigenvalue weighted by atomic mass is 10.1. The van der Waals surface area contributed by atoms with Gasteiger partial charge in [-0.2, -0.15) is 0 Å². The smallest absolute Gasteiger partial charge is 0.0951 e. The van der Waals surface area contributed by atoms with Crippen molar-refractivity contribution in [1.82, 2.24) is 9.55 Å². The summed E-state index contributed by atoms with van der Waals surface area (Å²) in [5.74, 6) is 0. The van der Waals surface area contributed by atoms with Crippen LogP contribution in [-0.4, -0.2) is 29.3 Å². The van der Waals surface area contributed by atoms with Crippen LogP contribution in [0.15, 0.2) is 42.9 Å². The highest BCUT2D eigenvalue weighted by Crippen LogP contribution is 2.34. The molecule has 0 radical (unpaired) electrons. The number of anilines is 1. The van der Waals surface area contributed by atoms with E-state index in [0.717, 1.165) is 30.8 Å². The van der Waals surface area contributed by atoms with Crippen molar-refractivity contribution >= 4 is 5.69 Å². The highest BCUT2D eigenvalue weighted by Gasteiger charge is 2.16. The number of imidazole rings is 1. The molecule has 0 spiro atoms. The highest BCUT2D eigenvalue weighted by molar-refractivity contribution is 5.79. The van der Waals surface area contributed by atoms with Gasteiger partial charge in [-0.25, -0.2) is 4.98 Å². The zero-order valence-electron chi connectivity index (χ0n) is 12.4. The summed E-state index contributed by atoms with van der Waals surface area (Å²) in [6.45, 7) is 8.91. The van der Waals surface area contributed by atoms with E-state index in [1.54, 1.807) is 0 Å². The van der Waals surface area contributed by atoms with Crippen LogP contribution in [0.3, 0.4) is 0 Å². The molecule has 110 valence electrons. The number of benzene rings is 1. The molecule has 3 rings (SSSR count). The Balaban J connectivity index is 1.77. The molecule has 2 heterocycles. The van der Waals surface area contributed by atoms with Gasteiger partial charge < -0.3 is 14.6 Å². The number of hydrogen-bond donors (Lipinski definition) is 1. The summed E-state index contributed by atoms with van der Waals surface area (Å²) < 4.78 is 7.73. The minimum atomic E-state index is 0.617. The van der Waals surface area contributed by atoms with E-state index < -0.39 is 0 Å². The highest BCUT2D eigenvalue weighted by atomic mass is 16.5. The normalized spacial score (nSPS) is 13.0. The molecule has 0 saturated heterocycles.